The van der Waals surface area contributed by atoms with Crippen molar-refractivity contribution < 1.29 is 4.79 Å². The van der Waals surface area contributed by atoms with E-state index < -0.39 is 0 Å². The summed E-state index contributed by atoms with van der Waals surface area (Å²) in [5, 5.41) is 4.63. The second kappa shape index (κ2) is 6.35. The Hall–Kier alpha value is -2.13. The van der Waals surface area contributed by atoms with Crippen LogP contribution in [0.25, 0.3) is 0 Å². The summed E-state index contributed by atoms with van der Waals surface area (Å²) in [5.41, 5.74) is 5.92. The molecule has 0 unspecified atom stereocenters. The Morgan fingerprint density at radius 3 is 2.45 bits per heavy atom. The van der Waals surface area contributed by atoms with E-state index in [-0.39, 0.29) is 5.91 Å². The number of nitrogens with zero attached hydrogens (tertiary/aromatic N) is 1. The Balaban J connectivity index is 2.08. The lowest BCUT2D eigenvalue weighted by Gasteiger charge is -2.04. The minimum absolute atomic E-state index is 0.279. The molecule has 20 heavy (non-hydrogen) atoms. The van der Waals surface area contributed by atoms with Gasteiger partial charge in [-0.3, -0.25) is 4.79 Å². The Morgan fingerprint density at radius 2 is 1.80 bits per heavy atom. The molecule has 0 saturated heterocycles. The molecule has 3 nitrogen and oxygen atoms in total. The second-order valence-corrected chi connectivity index (χ2v) is 4.95. The monoisotopic (exact) mass is 286 g/mol. The van der Waals surface area contributed by atoms with Crippen LogP contribution in [0.3, 0.4) is 0 Å². The van der Waals surface area contributed by atoms with E-state index in [9.17, 15) is 4.79 Å². The number of aryl methyl sites for hydroxylation is 1. The maximum atomic E-state index is 11.9. The van der Waals surface area contributed by atoms with E-state index in [0.717, 1.165) is 11.3 Å². The lowest BCUT2D eigenvalue weighted by atomic mass is 10.1. The maximum Gasteiger partial charge on any atom is 0.271 e. The van der Waals surface area contributed by atoms with Gasteiger partial charge in [-0.1, -0.05) is 47.5 Å². The maximum absolute atomic E-state index is 11.9. The summed E-state index contributed by atoms with van der Waals surface area (Å²) in [6.45, 7) is 3.88. The molecule has 0 aliphatic carbocycles. The van der Waals surface area contributed by atoms with Crippen molar-refractivity contribution in [2.24, 2.45) is 5.10 Å². The summed E-state index contributed by atoms with van der Waals surface area (Å²) in [6, 6.07) is 14.7. The number of hydrazone groups is 1. The summed E-state index contributed by atoms with van der Waals surface area (Å²) >= 11 is 5.85. The molecule has 0 aromatic heterocycles. The van der Waals surface area contributed by atoms with Gasteiger partial charge >= 0.3 is 0 Å². The molecule has 0 fully saturated rings. The number of rotatable bonds is 3. The molecular formula is C16H15ClN2O. The van der Waals surface area contributed by atoms with Crippen LogP contribution in [0, 0.1) is 6.92 Å². The van der Waals surface area contributed by atoms with Crippen molar-refractivity contribution in [3.8, 4) is 0 Å². The zero-order chi connectivity index (χ0) is 14.5. The Labute approximate surface area is 123 Å². The zero-order valence-corrected chi connectivity index (χ0v) is 12.1. The van der Waals surface area contributed by atoms with Crippen LogP contribution in [0.4, 0.5) is 0 Å². The average molecular weight is 287 g/mol. The number of halogens is 1. The minimum atomic E-state index is -0.279. The van der Waals surface area contributed by atoms with Gasteiger partial charge in [-0.25, -0.2) is 5.43 Å². The number of benzene rings is 2. The first-order valence-corrected chi connectivity index (χ1v) is 6.61. The molecule has 4 heteroatoms. The highest BCUT2D eigenvalue weighted by atomic mass is 35.5. The van der Waals surface area contributed by atoms with E-state index in [2.05, 4.69) is 10.5 Å². The molecule has 2 aromatic carbocycles. The molecule has 0 atom stereocenters. The number of hydrogen-bond acceptors (Lipinski definition) is 2. The van der Waals surface area contributed by atoms with Gasteiger partial charge < -0.3 is 0 Å². The Bertz CT molecular complexity index is 648. The highest BCUT2D eigenvalue weighted by Gasteiger charge is 2.05. The number of carbonyl (C=O) groups excluding carboxylic acids is 1. The van der Waals surface area contributed by atoms with Crippen LogP contribution in [-0.2, 0) is 0 Å². The van der Waals surface area contributed by atoms with Gasteiger partial charge in [0.25, 0.3) is 5.91 Å². The Morgan fingerprint density at radius 1 is 1.10 bits per heavy atom. The average Bonchev–Trinajstić information content (AvgIpc) is 2.45. The molecule has 0 saturated carbocycles. The number of nitrogens with one attached hydrogen (secondary N) is 1. The van der Waals surface area contributed by atoms with Gasteiger partial charge in [-0.05, 0) is 37.6 Å². The number of carbonyl (C=O) groups is 1. The van der Waals surface area contributed by atoms with E-state index in [1.807, 2.05) is 38.1 Å². The van der Waals surface area contributed by atoms with Crippen LogP contribution in [-0.4, -0.2) is 11.6 Å². The van der Waals surface area contributed by atoms with Crippen molar-refractivity contribution in [3.05, 3.63) is 70.2 Å². The van der Waals surface area contributed by atoms with Gasteiger partial charge in [0.2, 0.25) is 0 Å². The first kappa shape index (κ1) is 14.3. The van der Waals surface area contributed by atoms with Crippen molar-refractivity contribution in [2.75, 3.05) is 0 Å². The molecule has 102 valence electrons. The molecule has 2 aromatic rings. The molecule has 0 aliphatic rings. The number of amides is 1. The minimum Gasteiger partial charge on any atom is -0.267 e. The fraction of sp³-hybridized carbons (Fsp3) is 0.125. The smallest absolute Gasteiger partial charge is 0.267 e. The summed E-state index contributed by atoms with van der Waals surface area (Å²) in [5.74, 6) is -0.279. The standard InChI is InChI=1S/C16H15ClN2O/c1-11-6-8-13(9-7-11)12(2)18-19-16(20)14-4-3-5-15(17)10-14/h3-10H,1-2H3,(H,19,20)/b18-12+. The van der Waals surface area contributed by atoms with E-state index in [1.54, 1.807) is 24.3 Å². The first-order valence-electron chi connectivity index (χ1n) is 6.23. The fourth-order valence-electron chi connectivity index (χ4n) is 1.69. The molecular weight excluding hydrogens is 272 g/mol. The third-order valence-electron chi connectivity index (χ3n) is 2.88. The lowest BCUT2D eigenvalue weighted by molar-refractivity contribution is 0.0955. The first-order chi connectivity index (χ1) is 9.56. The zero-order valence-electron chi connectivity index (χ0n) is 11.4. The van der Waals surface area contributed by atoms with E-state index in [1.165, 1.54) is 5.56 Å². The molecule has 1 amide bonds. The van der Waals surface area contributed by atoms with Gasteiger partial charge in [-0.2, -0.15) is 5.10 Å². The van der Waals surface area contributed by atoms with Crippen LogP contribution in [0.5, 0.6) is 0 Å². The third-order valence-corrected chi connectivity index (χ3v) is 3.12. The predicted octanol–water partition coefficient (Wildman–Crippen LogP) is 3.80. The fourth-order valence-corrected chi connectivity index (χ4v) is 1.88. The van der Waals surface area contributed by atoms with Crippen LogP contribution < -0.4 is 5.43 Å². The Kier molecular flexibility index (Phi) is 4.53. The van der Waals surface area contributed by atoms with Gasteiger partial charge in [0.05, 0.1) is 5.71 Å². The third kappa shape index (κ3) is 3.68. The topological polar surface area (TPSA) is 41.5 Å². The molecule has 0 heterocycles. The van der Waals surface area contributed by atoms with E-state index in [4.69, 9.17) is 11.6 Å². The van der Waals surface area contributed by atoms with Crippen LogP contribution in [0.1, 0.15) is 28.4 Å². The van der Waals surface area contributed by atoms with Crippen molar-refractivity contribution in [1.82, 2.24) is 5.43 Å². The van der Waals surface area contributed by atoms with Crippen LogP contribution in [0.15, 0.2) is 53.6 Å². The molecule has 0 spiro atoms. The molecule has 2 rings (SSSR count). The van der Waals surface area contributed by atoms with E-state index >= 15 is 0 Å². The van der Waals surface area contributed by atoms with Gasteiger partial charge in [0, 0.05) is 10.6 Å². The summed E-state index contributed by atoms with van der Waals surface area (Å²) in [4.78, 5) is 11.9. The van der Waals surface area contributed by atoms with Crippen LogP contribution >= 0.6 is 11.6 Å². The van der Waals surface area contributed by atoms with Gasteiger partial charge in [0.1, 0.15) is 0 Å². The summed E-state index contributed by atoms with van der Waals surface area (Å²) < 4.78 is 0. The van der Waals surface area contributed by atoms with Crippen LogP contribution in [0.2, 0.25) is 5.02 Å². The highest BCUT2D eigenvalue weighted by molar-refractivity contribution is 6.30. The van der Waals surface area contributed by atoms with Crippen molar-refractivity contribution in [2.45, 2.75) is 13.8 Å². The molecule has 0 aliphatic heterocycles. The number of hydrogen-bond donors (Lipinski definition) is 1. The quantitative estimate of drug-likeness (QED) is 0.677. The largest absolute Gasteiger partial charge is 0.271 e. The molecule has 0 bridgehead atoms. The van der Waals surface area contributed by atoms with Crippen molar-refractivity contribution >= 4 is 23.2 Å². The van der Waals surface area contributed by atoms with Crippen molar-refractivity contribution in [3.63, 3.8) is 0 Å². The summed E-state index contributed by atoms with van der Waals surface area (Å²) in [6.07, 6.45) is 0. The van der Waals surface area contributed by atoms with Gasteiger partial charge in [0.15, 0.2) is 0 Å². The summed E-state index contributed by atoms with van der Waals surface area (Å²) in [7, 11) is 0. The predicted molar refractivity (Wildman–Crippen MR) is 82.3 cm³/mol. The van der Waals surface area contributed by atoms with Gasteiger partial charge in [-0.15, -0.1) is 0 Å². The molecule has 0 radical (unpaired) electrons. The van der Waals surface area contributed by atoms with E-state index in [0.29, 0.717) is 10.6 Å². The van der Waals surface area contributed by atoms with Crippen molar-refractivity contribution in [1.29, 1.82) is 0 Å². The molecule has 1 N–H and O–H groups in total. The normalized spacial score (nSPS) is 11.2. The SMILES string of the molecule is C/C(=N\NC(=O)c1cccc(Cl)c1)c1ccc(C)cc1. The highest BCUT2D eigenvalue weighted by Crippen LogP contribution is 2.10. The lowest BCUT2D eigenvalue weighted by Crippen LogP contribution is -2.19. The second-order valence-electron chi connectivity index (χ2n) is 4.51.